The van der Waals surface area contributed by atoms with Gasteiger partial charge in [0.2, 0.25) is 0 Å². The third-order valence-electron chi connectivity index (χ3n) is 2.99. The average molecular weight is 296 g/mol. The van der Waals surface area contributed by atoms with Crippen LogP contribution < -0.4 is 5.32 Å². The summed E-state index contributed by atoms with van der Waals surface area (Å²) in [6, 6.07) is 8.88. The summed E-state index contributed by atoms with van der Waals surface area (Å²) >= 11 is 6.21. The Balaban J connectivity index is 2.23. The first-order chi connectivity index (χ1) is 9.60. The lowest BCUT2D eigenvalue weighted by Crippen LogP contribution is -2.13. The third kappa shape index (κ3) is 3.78. The number of halogens is 3. The van der Waals surface area contributed by atoms with Crippen molar-refractivity contribution in [1.29, 1.82) is 0 Å². The summed E-state index contributed by atoms with van der Waals surface area (Å²) in [5, 5.41) is 3.86. The predicted octanol–water partition coefficient (Wildman–Crippen LogP) is 4.78. The molecule has 0 aromatic heterocycles. The van der Waals surface area contributed by atoms with Gasteiger partial charge in [-0.05, 0) is 47.9 Å². The highest BCUT2D eigenvalue weighted by molar-refractivity contribution is 6.31. The van der Waals surface area contributed by atoms with E-state index < -0.39 is 11.6 Å². The average Bonchev–Trinajstić information content (AvgIpc) is 2.39. The molecule has 0 heterocycles. The van der Waals surface area contributed by atoms with E-state index >= 15 is 0 Å². The molecule has 0 amide bonds. The van der Waals surface area contributed by atoms with Gasteiger partial charge in [0.25, 0.3) is 0 Å². The van der Waals surface area contributed by atoms with Crippen molar-refractivity contribution in [2.75, 3.05) is 6.54 Å². The summed E-state index contributed by atoms with van der Waals surface area (Å²) in [5.41, 5.74) is 2.16. The molecule has 4 heteroatoms. The monoisotopic (exact) mass is 295 g/mol. The van der Waals surface area contributed by atoms with Crippen molar-refractivity contribution in [2.24, 2.45) is 0 Å². The molecule has 1 nitrogen and oxygen atoms in total. The molecular formula is C16H16ClF2N. The highest BCUT2D eigenvalue weighted by Crippen LogP contribution is 2.27. The van der Waals surface area contributed by atoms with E-state index in [1.165, 1.54) is 12.1 Å². The molecule has 0 spiro atoms. The normalized spacial score (nSPS) is 10.8. The number of rotatable bonds is 5. The third-order valence-corrected chi connectivity index (χ3v) is 3.34. The van der Waals surface area contributed by atoms with Crippen LogP contribution in [0.15, 0.2) is 36.4 Å². The molecule has 2 aromatic carbocycles. The van der Waals surface area contributed by atoms with E-state index in [0.717, 1.165) is 24.6 Å². The maximum atomic E-state index is 13.2. The van der Waals surface area contributed by atoms with E-state index in [4.69, 9.17) is 11.6 Å². The van der Waals surface area contributed by atoms with Gasteiger partial charge in [0.05, 0.1) is 0 Å². The van der Waals surface area contributed by atoms with Crippen molar-refractivity contribution in [3.05, 3.63) is 58.6 Å². The molecule has 1 N–H and O–H groups in total. The SMILES string of the molecule is CCCNCc1ccc(-c2cc(F)cc(F)c2)cc1Cl. The molecule has 106 valence electrons. The minimum absolute atomic E-state index is 0.484. The maximum absolute atomic E-state index is 13.2. The fourth-order valence-electron chi connectivity index (χ4n) is 1.99. The first kappa shape index (κ1) is 14.9. The van der Waals surface area contributed by atoms with Gasteiger partial charge in [-0.1, -0.05) is 30.7 Å². The van der Waals surface area contributed by atoms with Crippen LogP contribution in [-0.2, 0) is 6.54 Å². The highest BCUT2D eigenvalue weighted by atomic mass is 35.5. The predicted molar refractivity (Wildman–Crippen MR) is 78.8 cm³/mol. The van der Waals surface area contributed by atoms with Crippen molar-refractivity contribution >= 4 is 11.6 Å². The summed E-state index contributed by atoms with van der Waals surface area (Å²) < 4.78 is 26.4. The van der Waals surface area contributed by atoms with Gasteiger partial charge in [-0.15, -0.1) is 0 Å². The number of hydrogen-bond donors (Lipinski definition) is 1. The topological polar surface area (TPSA) is 12.0 Å². The fraction of sp³-hybridized carbons (Fsp3) is 0.250. The van der Waals surface area contributed by atoms with Crippen LogP contribution in [0.5, 0.6) is 0 Å². The second-order valence-corrected chi connectivity index (χ2v) is 5.05. The Morgan fingerprint density at radius 1 is 1.00 bits per heavy atom. The van der Waals surface area contributed by atoms with E-state index in [-0.39, 0.29) is 0 Å². The van der Waals surface area contributed by atoms with Crippen molar-refractivity contribution in [2.45, 2.75) is 19.9 Å². The smallest absolute Gasteiger partial charge is 0.126 e. The standard InChI is InChI=1S/C16H16ClF2N/c1-2-5-20-10-12-4-3-11(8-16(12)17)13-6-14(18)9-15(19)7-13/h3-4,6-9,20H,2,5,10H2,1H3. The second-order valence-electron chi connectivity index (χ2n) is 4.64. The molecule has 0 unspecified atom stereocenters. The zero-order valence-electron chi connectivity index (χ0n) is 11.2. The minimum Gasteiger partial charge on any atom is -0.313 e. The number of hydrogen-bond acceptors (Lipinski definition) is 1. The van der Waals surface area contributed by atoms with Gasteiger partial charge < -0.3 is 5.32 Å². The zero-order valence-corrected chi connectivity index (χ0v) is 12.0. The summed E-state index contributed by atoms with van der Waals surface area (Å²) in [4.78, 5) is 0. The van der Waals surface area contributed by atoms with Crippen molar-refractivity contribution in [1.82, 2.24) is 5.32 Å². The molecule has 0 aliphatic carbocycles. The lowest BCUT2D eigenvalue weighted by atomic mass is 10.0. The Labute approximate surface area is 122 Å². The largest absolute Gasteiger partial charge is 0.313 e. The molecule has 20 heavy (non-hydrogen) atoms. The van der Waals surface area contributed by atoms with Crippen LogP contribution in [0.2, 0.25) is 5.02 Å². The van der Waals surface area contributed by atoms with Gasteiger partial charge >= 0.3 is 0 Å². The molecule has 0 aliphatic rings. The summed E-state index contributed by atoms with van der Waals surface area (Å²) in [5.74, 6) is -1.19. The van der Waals surface area contributed by atoms with Gasteiger partial charge in [-0.3, -0.25) is 0 Å². The molecule has 0 aliphatic heterocycles. The molecule has 0 atom stereocenters. The summed E-state index contributed by atoms with van der Waals surface area (Å²) in [7, 11) is 0. The van der Waals surface area contributed by atoms with Gasteiger partial charge in [-0.25, -0.2) is 8.78 Å². The summed E-state index contributed by atoms with van der Waals surface area (Å²) in [6.45, 7) is 3.70. The first-order valence-corrected chi connectivity index (χ1v) is 6.93. The van der Waals surface area contributed by atoms with Gasteiger partial charge in [0.1, 0.15) is 11.6 Å². The lowest BCUT2D eigenvalue weighted by Gasteiger charge is -2.09. The van der Waals surface area contributed by atoms with E-state index in [1.54, 1.807) is 6.07 Å². The van der Waals surface area contributed by atoms with E-state index in [1.807, 2.05) is 12.1 Å². The quantitative estimate of drug-likeness (QED) is 0.782. The van der Waals surface area contributed by atoms with Crippen LogP contribution in [0.25, 0.3) is 11.1 Å². The second kappa shape index (κ2) is 6.82. The highest BCUT2D eigenvalue weighted by Gasteiger charge is 2.06. The van der Waals surface area contributed by atoms with Crippen LogP contribution in [0.4, 0.5) is 8.78 Å². The lowest BCUT2D eigenvalue weighted by molar-refractivity contribution is 0.584. The maximum Gasteiger partial charge on any atom is 0.126 e. The van der Waals surface area contributed by atoms with Crippen molar-refractivity contribution in [3.63, 3.8) is 0 Å². The van der Waals surface area contributed by atoms with Gasteiger partial charge in [0, 0.05) is 17.6 Å². The molecule has 0 radical (unpaired) electrons. The Morgan fingerprint density at radius 3 is 2.30 bits per heavy atom. The molecule has 0 saturated carbocycles. The number of nitrogens with one attached hydrogen (secondary N) is 1. The Bertz CT molecular complexity index is 579. The fourth-order valence-corrected chi connectivity index (χ4v) is 2.24. The van der Waals surface area contributed by atoms with Gasteiger partial charge in [-0.2, -0.15) is 0 Å². The minimum atomic E-state index is -0.593. The van der Waals surface area contributed by atoms with Crippen LogP contribution in [0.1, 0.15) is 18.9 Å². The molecule has 0 bridgehead atoms. The zero-order chi connectivity index (χ0) is 14.5. The van der Waals surface area contributed by atoms with E-state index in [0.29, 0.717) is 22.7 Å². The molecule has 2 aromatic rings. The van der Waals surface area contributed by atoms with Gasteiger partial charge in [0.15, 0.2) is 0 Å². The Morgan fingerprint density at radius 2 is 1.70 bits per heavy atom. The Hall–Kier alpha value is -1.45. The molecule has 2 rings (SSSR count). The molecule has 0 saturated heterocycles. The van der Waals surface area contributed by atoms with Crippen molar-refractivity contribution in [3.8, 4) is 11.1 Å². The van der Waals surface area contributed by atoms with Crippen molar-refractivity contribution < 1.29 is 8.78 Å². The van der Waals surface area contributed by atoms with E-state index in [2.05, 4.69) is 12.2 Å². The Kier molecular flexibility index (Phi) is 5.10. The van der Waals surface area contributed by atoms with Crippen LogP contribution in [0.3, 0.4) is 0 Å². The molecular weight excluding hydrogens is 280 g/mol. The van der Waals surface area contributed by atoms with E-state index in [9.17, 15) is 8.78 Å². The number of benzene rings is 2. The first-order valence-electron chi connectivity index (χ1n) is 6.55. The van der Waals surface area contributed by atoms with Crippen LogP contribution in [0, 0.1) is 11.6 Å². The molecule has 0 fully saturated rings. The van der Waals surface area contributed by atoms with Crippen LogP contribution in [-0.4, -0.2) is 6.54 Å². The summed E-state index contributed by atoms with van der Waals surface area (Å²) in [6.07, 6.45) is 1.05. The van der Waals surface area contributed by atoms with Crippen LogP contribution >= 0.6 is 11.6 Å².